The zero-order valence-electron chi connectivity index (χ0n) is 13.3. The predicted molar refractivity (Wildman–Crippen MR) is 88.7 cm³/mol. The fraction of sp³-hybridized carbons (Fsp3) is 0.222. The van der Waals surface area contributed by atoms with Crippen LogP contribution in [0.4, 0.5) is 14.5 Å². The Morgan fingerprint density at radius 2 is 2.04 bits per heavy atom. The molecule has 128 valence electrons. The second kappa shape index (κ2) is 6.16. The highest BCUT2D eigenvalue weighted by Crippen LogP contribution is 2.38. The number of aromatic nitrogens is 3. The van der Waals surface area contributed by atoms with Crippen LogP contribution in [0.25, 0.3) is 5.82 Å². The quantitative estimate of drug-likeness (QED) is 0.761. The second-order valence-electron chi connectivity index (χ2n) is 6.00. The van der Waals surface area contributed by atoms with Crippen LogP contribution in [-0.2, 0) is 6.42 Å². The van der Waals surface area contributed by atoms with Gasteiger partial charge in [-0.1, -0.05) is 6.07 Å². The lowest BCUT2D eigenvalue weighted by molar-refractivity contribution is 0.421. The molecule has 7 heteroatoms. The zero-order chi connectivity index (χ0) is 17.4. The predicted octanol–water partition coefficient (Wildman–Crippen LogP) is 3.74. The summed E-state index contributed by atoms with van der Waals surface area (Å²) in [5, 5.41) is 18.3. The third kappa shape index (κ3) is 2.82. The Labute approximate surface area is 143 Å². The summed E-state index contributed by atoms with van der Waals surface area (Å²) in [6, 6.07) is 8.81. The van der Waals surface area contributed by atoms with Crippen LogP contribution in [0.5, 0.6) is 5.88 Å². The van der Waals surface area contributed by atoms with Gasteiger partial charge in [-0.3, -0.25) is 0 Å². The molecule has 0 radical (unpaired) electrons. The summed E-state index contributed by atoms with van der Waals surface area (Å²) in [6.07, 6.45) is 4.02. The monoisotopic (exact) mass is 342 g/mol. The number of hydrogen-bond acceptors (Lipinski definition) is 4. The highest BCUT2D eigenvalue weighted by molar-refractivity contribution is 5.50. The molecule has 2 aromatic heterocycles. The number of rotatable bonds is 3. The molecule has 0 saturated heterocycles. The number of aromatic hydroxyl groups is 1. The fourth-order valence-corrected chi connectivity index (χ4v) is 3.19. The van der Waals surface area contributed by atoms with Gasteiger partial charge in [-0.15, -0.1) is 0 Å². The maximum atomic E-state index is 13.4. The molecule has 2 N–H and O–H groups in total. The van der Waals surface area contributed by atoms with Crippen LogP contribution in [0.15, 0.2) is 42.6 Å². The van der Waals surface area contributed by atoms with Crippen molar-refractivity contribution in [3.63, 3.8) is 0 Å². The first-order chi connectivity index (χ1) is 12.1. The summed E-state index contributed by atoms with van der Waals surface area (Å²) in [6.45, 7) is 0. The van der Waals surface area contributed by atoms with Crippen LogP contribution in [0.1, 0.15) is 30.1 Å². The SMILES string of the molecule is Oc1c2c(nn1-c1ccccn1)CCCC2Nc1ccc(F)c(F)c1. The zero-order valence-corrected chi connectivity index (χ0v) is 13.3. The van der Waals surface area contributed by atoms with Gasteiger partial charge >= 0.3 is 0 Å². The van der Waals surface area contributed by atoms with E-state index in [9.17, 15) is 13.9 Å². The van der Waals surface area contributed by atoms with E-state index in [4.69, 9.17) is 0 Å². The normalized spacial score (nSPS) is 16.5. The Kier molecular flexibility index (Phi) is 3.83. The number of pyridine rings is 1. The average molecular weight is 342 g/mol. The molecule has 1 aliphatic carbocycles. The maximum absolute atomic E-state index is 13.4. The van der Waals surface area contributed by atoms with Crippen molar-refractivity contribution >= 4 is 5.69 Å². The van der Waals surface area contributed by atoms with Crippen molar-refractivity contribution in [3.8, 4) is 11.7 Å². The Balaban J connectivity index is 1.70. The molecule has 0 spiro atoms. The van der Waals surface area contributed by atoms with Gasteiger partial charge in [0.05, 0.1) is 17.3 Å². The van der Waals surface area contributed by atoms with E-state index in [-0.39, 0.29) is 11.9 Å². The largest absolute Gasteiger partial charge is 0.493 e. The van der Waals surface area contributed by atoms with Crippen molar-refractivity contribution in [3.05, 3.63) is 65.5 Å². The molecule has 1 aromatic carbocycles. The van der Waals surface area contributed by atoms with E-state index in [2.05, 4.69) is 15.4 Å². The lowest BCUT2D eigenvalue weighted by atomic mass is 9.92. The van der Waals surface area contributed by atoms with E-state index < -0.39 is 11.6 Å². The summed E-state index contributed by atoms with van der Waals surface area (Å²) < 4.78 is 28.0. The fourth-order valence-electron chi connectivity index (χ4n) is 3.19. The first kappa shape index (κ1) is 15.6. The van der Waals surface area contributed by atoms with E-state index in [1.54, 1.807) is 18.3 Å². The molecule has 3 aromatic rings. The molecule has 0 saturated carbocycles. The molecular weight excluding hydrogens is 326 g/mol. The molecule has 0 fully saturated rings. The third-order valence-electron chi connectivity index (χ3n) is 4.35. The number of aryl methyl sites for hydroxylation is 1. The van der Waals surface area contributed by atoms with Crippen LogP contribution in [-0.4, -0.2) is 19.9 Å². The van der Waals surface area contributed by atoms with Gasteiger partial charge in [-0.25, -0.2) is 13.8 Å². The van der Waals surface area contributed by atoms with Crippen LogP contribution in [0.2, 0.25) is 0 Å². The smallest absolute Gasteiger partial charge is 0.221 e. The van der Waals surface area contributed by atoms with Crippen molar-refractivity contribution in [2.75, 3.05) is 5.32 Å². The van der Waals surface area contributed by atoms with Gasteiger partial charge in [-0.2, -0.15) is 9.78 Å². The summed E-state index contributed by atoms with van der Waals surface area (Å²) >= 11 is 0. The first-order valence-electron chi connectivity index (χ1n) is 8.07. The molecule has 0 aliphatic heterocycles. The maximum Gasteiger partial charge on any atom is 0.221 e. The van der Waals surface area contributed by atoms with Gasteiger partial charge < -0.3 is 10.4 Å². The number of nitrogens with zero attached hydrogens (tertiary/aromatic N) is 3. The number of hydrogen-bond donors (Lipinski definition) is 2. The average Bonchev–Trinajstić information content (AvgIpc) is 2.97. The molecule has 25 heavy (non-hydrogen) atoms. The highest BCUT2D eigenvalue weighted by atomic mass is 19.2. The Morgan fingerprint density at radius 1 is 1.16 bits per heavy atom. The van der Waals surface area contributed by atoms with Gasteiger partial charge in [0.25, 0.3) is 0 Å². The van der Waals surface area contributed by atoms with E-state index in [1.807, 2.05) is 6.07 Å². The third-order valence-corrected chi connectivity index (χ3v) is 4.35. The number of fused-ring (bicyclic) bond motifs is 1. The van der Waals surface area contributed by atoms with E-state index in [1.165, 1.54) is 10.7 Å². The molecule has 2 heterocycles. The topological polar surface area (TPSA) is 63.0 Å². The lowest BCUT2D eigenvalue weighted by Crippen LogP contribution is -2.16. The standard InChI is InChI=1S/C18H16F2N4O/c19-12-8-7-11(10-13(12)20)22-14-4-3-5-15-17(14)18(25)24(23-15)16-6-1-2-9-21-16/h1-2,6-10,14,22,25H,3-5H2. The van der Waals surface area contributed by atoms with Crippen molar-refractivity contribution < 1.29 is 13.9 Å². The van der Waals surface area contributed by atoms with Crippen LogP contribution < -0.4 is 5.32 Å². The summed E-state index contributed by atoms with van der Waals surface area (Å²) in [7, 11) is 0. The van der Waals surface area contributed by atoms with Crippen molar-refractivity contribution in [1.82, 2.24) is 14.8 Å². The molecular formula is C18H16F2N4O. The number of anilines is 1. The van der Waals surface area contributed by atoms with Crippen molar-refractivity contribution in [2.24, 2.45) is 0 Å². The Bertz CT molecular complexity index is 911. The van der Waals surface area contributed by atoms with Gasteiger partial charge in [-0.05, 0) is 43.5 Å². The number of nitrogens with one attached hydrogen (secondary N) is 1. The summed E-state index contributed by atoms with van der Waals surface area (Å²) in [5.41, 5.74) is 1.93. The molecule has 1 unspecified atom stereocenters. The summed E-state index contributed by atoms with van der Waals surface area (Å²) in [4.78, 5) is 4.21. The second-order valence-corrected chi connectivity index (χ2v) is 6.00. The van der Waals surface area contributed by atoms with Gasteiger partial charge in [0, 0.05) is 18.0 Å². The van der Waals surface area contributed by atoms with E-state index >= 15 is 0 Å². The molecule has 0 bridgehead atoms. The highest BCUT2D eigenvalue weighted by Gasteiger charge is 2.29. The first-order valence-corrected chi connectivity index (χ1v) is 8.07. The molecule has 1 atom stereocenters. The minimum absolute atomic E-state index is 0.0217. The van der Waals surface area contributed by atoms with Crippen LogP contribution >= 0.6 is 0 Å². The lowest BCUT2D eigenvalue weighted by Gasteiger charge is -2.24. The minimum atomic E-state index is -0.908. The summed E-state index contributed by atoms with van der Waals surface area (Å²) in [5.74, 6) is -1.25. The Hall–Kier alpha value is -2.96. The van der Waals surface area contributed by atoms with Gasteiger partial charge in [0.15, 0.2) is 17.5 Å². The number of halogens is 2. The van der Waals surface area contributed by atoms with Crippen LogP contribution in [0.3, 0.4) is 0 Å². The molecule has 4 rings (SSSR count). The van der Waals surface area contributed by atoms with E-state index in [0.717, 1.165) is 37.1 Å². The van der Waals surface area contributed by atoms with Gasteiger partial charge in [0.2, 0.25) is 5.88 Å². The van der Waals surface area contributed by atoms with Crippen molar-refractivity contribution in [2.45, 2.75) is 25.3 Å². The van der Waals surface area contributed by atoms with Crippen molar-refractivity contribution in [1.29, 1.82) is 0 Å². The van der Waals surface area contributed by atoms with Crippen LogP contribution in [0, 0.1) is 11.6 Å². The minimum Gasteiger partial charge on any atom is -0.493 e. The molecule has 0 amide bonds. The van der Waals surface area contributed by atoms with Gasteiger partial charge in [0.1, 0.15) is 0 Å². The Morgan fingerprint density at radius 3 is 2.80 bits per heavy atom. The molecule has 1 aliphatic rings. The molecule has 5 nitrogen and oxygen atoms in total. The van der Waals surface area contributed by atoms with E-state index in [0.29, 0.717) is 17.1 Å². The number of benzene rings is 1.